The van der Waals surface area contributed by atoms with Gasteiger partial charge in [0.1, 0.15) is 5.76 Å². The van der Waals surface area contributed by atoms with Crippen LogP contribution in [-0.4, -0.2) is 48.5 Å². The number of aromatic nitrogens is 1. The average Bonchev–Trinajstić information content (AvgIpc) is 3.06. The molecular formula is C21H29ClN4O2. The Balaban J connectivity index is 1.49. The highest BCUT2D eigenvalue weighted by Gasteiger charge is 2.25. The van der Waals surface area contributed by atoms with Gasteiger partial charge in [0.2, 0.25) is 11.8 Å². The van der Waals surface area contributed by atoms with Crippen molar-refractivity contribution in [3.63, 3.8) is 0 Å². The van der Waals surface area contributed by atoms with E-state index in [0.717, 1.165) is 62.6 Å². The summed E-state index contributed by atoms with van der Waals surface area (Å²) in [6, 6.07) is 7.50. The van der Waals surface area contributed by atoms with Gasteiger partial charge < -0.3 is 15.1 Å². The second-order valence-corrected chi connectivity index (χ2v) is 7.66. The number of amides is 1. The smallest absolute Gasteiger partial charge is 0.226 e. The summed E-state index contributed by atoms with van der Waals surface area (Å²) in [5.41, 5.74) is 1.88. The van der Waals surface area contributed by atoms with Crippen LogP contribution in [-0.2, 0) is 11.3 Å². The van der Waals surface area contributed by atoms with E-state index in [4.69, 9.17) is 16.0 Å². The molecule has 0 bridgehead atoms. The third-order valence-electron chi connectivity index (χ3n) is 5.17. The van der Waals surface area contributed by atoms with Gasteiger partial charge in [0.05, 0.1) is 5.69 Å². The second-order valence-electron chi connectivity index (χ2n) is 7.22. The monoisotopic (exact) mass is 404 g/mol. The van der Waals surface area contributed by atoms with Crippen LogP contribution in [0.3, 0.4) is 0 Å². The quantitative estimate of drug-likeness (QED) is 0.661. The molecule has 2 heterocycles. The fourth-order valence-corrected chi connectivity index (χ4v) is 3.58. The van der Waals surface area contributed by atoms with Crippen LogP contribution in [0.4, 0.5) is 0 Å². The lowest BCUT2D eigenvalue weighted by atomic mass is 9.96. The molecule has 1 saturated heterocycles. The first-order valence-electron chi connectivity index (χ1n) is 10.00. The van der Waals surface area contributed by atoms with Crippen LogP contribution in [0.2, 0.25) is 5.02 Å². The van der Waals surface area contributed by atoms with E-state index < -0.39 is 0 Å². The summed E-state index contributed by atoms with van der Waals surface area (Å²) in [5, 5.41) is 6.94. The maximum absolute atomic E-state index is 12.3. The molecule has 0 aliphatic carbocycles. The van der Waals surface area contributed by atoms with E-state index in [1.165, 1.54) is 0 Å². The fourth-order valence-electron chi connectivity index (χ4n) is 3.45. The van der Waals surface area contributed by atoms with Gasteiger partial charge in [-0.15, -0.1) is 0 Å². The van der Waals surface area contributed by atoms with Crippen molar-refractivity contribution in [2.75, 3.05) is 32.7 Å². The number of carbonyl (C=O) groups is 1. The molecule has 1 fully saturated rings. The molecular weight excluding hydrogens is 376 g/mol. The molecule has 2 aromatic rings. The molecule has 0 saturated carbocycles. The van der Waals surface area contributed by atoms with Gasteiger partial charge in [-0.25, -0.2) is 4.98 Å². The molecule has 3 rings (SSSR count). The summed E-state index contributed by atoms with van der Waals surface area (Å²) in [4.78, 5) is 19.3. The maximum Gasteiger partial charge on any atom is 0.226 e. The van der Waals surface area contributed by atoms with Gasteiger partial charge in [-0.3, -0.25) is 9.69 Å². The van der Waals surface area contributed by atoms with Crippen molar-refractivity contribution >= 4 is 17.5 Å². The number of likely N-dealkylation sites (tertiary alicyclic amines) is 1. The number of carbonyl (C=O) groups excluding carboxylic acids is 1. The lowest BCUT2D eigenvalue weighted by Crippen LogP contribution is -2.41. The lowest BCUT2D eigenvalue weighted by Gasteiger charge is -2.30. The number of oxazole rings is 1. The molecule has 1 aromatic heterocycles. The van der Waals surface area contributed by atoms with Crippen molar-refractivity contribution in [3.8, 4) is 11.5 Å². The number of likely N-dealkylation sites (N-methyl/N-ethyl adjacent to an activating group) is 1. The van der Waals surface area contributed by atoms with Crippen molar-refractivity contribution in [2.24, 2.45) is 5.92 Å². The predicted molar refractivity (Wildman–Crippen MR) is 111 cm³/mol. The Morgan fingerprint density at radius 3 is 2.64 bits per heavy atom. The number of hydrogen-bond acceptors (Lipinski definition) is 5. The number of nitrogens with one attached hydrogen (secondary N) is 2. The van der Waals surface area contributed by atoms with Crippen molar-refractivity contribution in [1.29, 1.82) is 0 Å². The molecule has 0 atom stereocenters. The zero-order valence-corrected chi connectivity index (χ0v) is 17.4. The molecule has 1 aliphatic heterocycles. The largest absolute Gasteiger partial charge is 0.441 e. The van der Waals surface area contributed by atoms with Crippen LogP contribution in [0.1, 0.15) is 31.2 Å². The van der Waals surface area contributed by atoms with Crippen LogP contribution >= 0.6 is 11.6 Å². The van der Waals surface area contributed by atoms with Crippen LogP contribution in [0.15, 0.2) is 28.7 Å². The van der Waals surface area contributed by atoms with E-state index in [2.05, 4.69) is 27.4 Å². The molecule has 7 heteroatoms. The number of aryl methyl sites for hydroxylation is 1. The third-order valence-corrected chi connectivity index (χ3v) is 5.42. The second kappa shape index (κ2) is 10.0. The molecule has 0 spiro atoms. The summed E-state index contributed by atoms with van der Waals surface area (Å²) >= 11 is 5.95. The van der Waals surface area contributed by atoms with Gasteiger partial charge >= 0.3 is 0 Å². The van der Waals surface area contributed by atoms with E-state index in [-0.39, 0.29) is 11.8 Å². The van der Waals surface area contributed by atoms with Crippen molar-refractivity contribution in [2.45, 2.75) is 33.2 Å². The molecule has 0 unspecified atom stereocenters. The minimum absolute atomic E-state index is 0.112. The molecule has 152 valence electrons. The Hall–Kier alpha value is -1.89. The third kappa shape index (κ3) is 5.56. The van der Waals surface area contributed by atoms with Gasteiger partial charge in [0, 0.05) is 36.1 Å². The average molecular weight is 405 g/mol. The topological polar surface area (TPSA) is 70.4 Å². The minimum Gasteiger partial charge on any atom is -0.441 e. The number of halogens is 1. The number of benzene rings is 1. The van der Waals surface area contributed by atoms with Crippen molar-refractivity contribution < 1.29 is 9.21 Å². The normalized spacial score (nSPS) is 15.7. The highest BCUT2D eigenvalue weighted by atomic mass is 35.5. The van der Waals surface area contributed by atoms with Crippen molar-refractivity contribution in [1.82, 2.24) is 20.5 Å². The van der Waals surface area contributed by atoms with Crippen molar-refractivity contribution in [3.05, 3.63) is 40.7 Å². The van der Waals surface area contributed by atoms with Crippen LogP contribution < -0.4 is 10.6 Å². The van der Waals surface area contributed by atoms with E-state index >= 15 is 0 Å². The minimum atomic E-state index is 0.112. The maximum atomic E-state index is 12.3. The summed E-state index contributed by atoms with van der Waals surface area (Å²) in [6.45, 7) is 8.99. The van der Waals surface area contributed by atoms with E-state index in [1.807, 2.05) is 31.2 Å². The Morgan fingerprint density at radius 1 is 1.25 bits per heavy atom. The highest BCUT2D eigenvalue weighted by molar-refractivity contribution is 6.30. The van der Waals surface area contributed by atoms with Crippen LogP contribution in [0.5, 0.6) is 0 Å². The number of piperidine rings is 1. The fraction of sp³-hybridized carbons (Fsp3) is 0.524. The number of nitrogens with zero attached hydrogens (tertiary/aromatic N) is 2. The van der Waals surface area contributed by atoms with Crippen LogP contribution in [0, 0.1) is 12.8 Å². The molecule has 1 amide bonds. The van der Waals surface area contributed by atoms with Gasteiger partial charge in [-0.1, -0.05) is 18.5 Å². The zero-order valence-electron chi connectivity index (χ0n) is 16.6. The SMILES string of the molecule is CCNCCNC(=O)C1CCN(Cc2nc(-c3ccc(Cl)cc3)oc2C)CC1. The Kier molecular flexibility index (Phi) is 7.48. The lowest BCUT2D eigenvalue weighted by molar-refractivity contribution is -0.126. The standard InChI is InChI=1S/C21H29ClN4O2/c1-3-23-10-11-24-20(27)16-8-12-26(13-9-16)14-19-15(2)28-21(25-19)17-4-6-18(22)7-5-17/h4-7,16,23H,3,8-14H2,1-2H3,(H,24,27). The molecule has 6 nitrogen and oxygen atoms in total. The Labute approximate surface area is 171 Å². The first-order chi connectivity index (χ1) is 13.6. The first kappa shape index (κ1) is 20.8. The number of hydrogen-bond donors (Lipinski definition) is 2. The van der Waals surface area contributed by atoms with E-state index in [9.17, 15) is 4.79 Å². The van der Waals surface area contributed by atoms with Gasteiger partial charge in [0.25, 0.3) is 0 Å². The van der Waals surface area contributed by atoms with Gasteiger partial charge in [-0.05, 0) is 63.7 Å². The molecule has 2 N–H and O–H groups in total. The Bertz CT molecular complexity index is 767. The molecule has 28 heavy (non-hydrogen) atoms. The van der Waals surface area contributed by atoms with Gasteiger partial charge in [0.15, 0.2) is 0 Å². The summed E-state index contributed by atoms with van der Waals surface area (Å²) < 4.78 is 5.85. The van der Waals surface area contributed by atoms with Gasteiger partial charge in [-0.2, -0.15) is 0 Å². The summed E-state index contributed by atoms with van der Waals surface area (Å²) in [7, 11) is 0. The van der Waals surface area contributed by atoms with Crippen LogP contribution in [0.25, 0.3) is 11.5 Å². The number of rotatable bonds is 8. The first-order valence-corrected chi connectivity index (χ1v) is 10.4. The van der Waals surface area contributed by atoms with E-state index in [1.54, 1.807) is 0 Å². The highest BCUT2D eigenvalue weighted by Crippen LogP contribution is 2.25. The summed E-state index contributed by atoms with van der Waals surface area (Å²) in [5.74, 6) is 1.76. The van der Waals surface area contributed by atoms with E-state index in [0.29, 0.717) is 17.5 Å². The predicted octanol–water partition coefficient (Wildman–Crippen LogP) is 3.24. The molecule has 1 aromatic carbocycles. The molecule has 0 radical (unpaired) electrons. The Morgan fingerprint density at radius 2 is 1.96 bits per heavy atom. The zero-order chi connectivity index (χ0) is 19.9. The molecule has 1 aliphatic rings. The summed E-state index contributed by atoms with van der Waals surface area (Å²) in [6.07, 6.45) is 1.77.